The van der Waals surface area contributed by atoms with E-state index in [2.05, 4.69) is 19.1 Å². The fourth-order valence-electron chi connectivity index (χ4n) is 3.44. The highest BCUT2D eigenvalue weighted by Gasteiger charge is 2.38. The fraction of sp³-hybridized carbons (Fsp3) is 0.909. The second kappa shape index (κ2) is 16.5. The summed E-state index contributed by atoms with van der Waals surface area (Å²) in [6, 6.07) is 0. The van der Waals surface area contributed by atoms with Crippen LogP contribution in [0.2, 0.25) is 0 Å². The first-order valence-corrected chi connectivity index (χ1v) is 11.1. The summed E-state index contributed by atoms with van der Waals surface area (Å²) in [4.78, 5) is 0. The van der Waals surface area contributed by atoms with Gasteiger partial charge in [0.1, 0.15) is 24.4 Å². The van der Waals surface area contributed by atoms with Crippen LogP contribution in [-0.2, 0) is 9.47 Å². The van der Waals surface area contributed by atoms with E-state index in [9.17, 15) is 10.2 Å². The van der Waals surface area contributed by atoms with Crippen LogP contribution < -0.4 is 0 Å². The first-order chi connectivity index (χ1) is 13.2. The van der Waals surface area contributed by atoms with E-state index < -0.39 is 24.4 Å². The molecule has 1 heterocycles. The summed E-state index contributed by atoms with van der Waals surface area (Å²) < 4.78 is 10.8. The SMILES string of the molecule is CCCCCC/C=C/CCCCCCCCO[C@H]1[C@H](O)[C@@H](CO)OC[C@@H]1O. The average molecular weight is 387 g/mol. The Labute approximate surface area is 165 Å². The minimum Gasteiger partial charge on any atom is -0.394 e. The van der Waals surface area contributed by atoms with E-state index in [-0.39, 0.29) is 13.2 Å². The summed E-state index contributed by atoms with van der Waals surface area (Å²) in [5, 5.41) is 29.1. The molecule has 27 heavy (non-hydrogen) atoms. The summed E-state index contributed by atoms with van der Waals surface area (Å²) in [5.74, 6) is 0. The van der Waals surface area contributed by atoms with Crippen molar-refractivity contribution in [1.82, 2.24) is 0 Å². The minimum atomic E-state index is -0.974. The molecular formula is C22H42O5. The molecule has 0 aromatic rings. The fourth-order valence-corrected chi connectivity index (χ4v) is 3.44. The highest BCUT2D eigenvalue weighted by Crippen LogP contribution is 2.19. The van der Waals surface area contributed by atoms with Crippen LogP contribution in [0.25, 0.3) is 0 Å². The standard InChI is InChI=1S/C22H42O5/c1-2-3-4-5-6-7-8-9-10-11-12-13-14-15-16-26-22-19(24)18-27-20(17-23)21(22)25/h7-8,19-25H,2-6,9-18H2,1H3/b8-7+/t19-,20+,21+,22+/m0/s1. The first kappa shape index (κ1) is 24.6. The van der Waals surface area contributed by atoms with Gasteiger partial charge in [0, 0.05) is 6.61 Å². The molecule has 0 aliphatic carbocycles. The van der Waals surface area contributed by atoms with Crippen LogP contribution in [0.1, 0.15) is 84.0 Å². The quantitative estimate of drug-likeness (QED) is 0.278. The van der Waals surface area contributed by atoms with Gasteiger partial charge in [0.25, 0.3) is 0 Å². The third-order valence-electron chi connectivity index (χ3n) is 5.22. The van der Waals surface area contributed by atoms with Crippen molar-refractivity contribution in [2.24, 2.45) is 0 Å². The van der Waals surface area contributed by atoms with Crippen molar-refractivity contribution in [2.45, 2.75) is 108 Å². The maximum atomic E-state index is 10.0. The van der Waals surface area contributed by atoms with Crippen LogP contribution in [0.15, 0.2) is 12.2 Å². The predicted octanol–water partition coefficient (Wildman–Crippen LogP) is 3.74. The van der Waals surface area contributed by atoms with E-state index in [0.29, 0.717) is 6.61 Å². The van der Waals surface area contributed by atoms with Gasteiger partial charge >= 0.3 is 0 Å². The number of hydrogen-bond acceptors (Lipinski definition) is 5. The Morgan fingerprint density at radius 3 is 2.11 bits per heavy atom. The zero-order chi connectivity index (χ0) is 19.7. The second-order valence-corrected chi connectivity index (χ2v) is 7.68. The Balaban J connectivity index is 1.91. The molecule has 3 N–H and O–H groups in total. The normalized spacial score (nSPS) is 26.1. The van der Waals surface area contributed by atoms with E-state index in [4.69, 9.17) is 14.6 Å². The molecule has 1 fully saturated rings. The van der Waals surface area contributed by atoms with Gasteiger partial charge in [0.15, 0.2) is 0 Å². The molecule has 0 aromatic carbocycles. The molecular weight excluding hydrogens is 344 g/mol. The molecule has 1 saturated heterocycles. The van der Waals surface area contributed by atoms with Gasteiger partial charge in [-0.15, -0.1) is 0 Å². The number of rotatable bonds is 16. The van der Waals surface area contributed by atoms with E-state index in [0.717, 1.165) is 12.8 Å². The largest absolute Gasteiger partial charge is 0.394 e. The molecule has 0 radical (unpaired) electrons. The number of unbranched alkanes of at least 4 members (excludes halogenated alkanes) is 10. The number of ether oxygens (including phenoxy) is 2. The van der Waals surface area contributed by atoms with E-state index in [1.807, 2.05) is 0 Å². The molecule has 0 bridgehead atoms. The monoisotopic (exact) mass is 386 g/mol. The van der Waals surface area contributed by atoms with Gasteiger partial charge in [0.2, 0.25) is 0 Å². The first-order valence-electron chi connectivity index (χ1n) is 11.1. The third-order valence-corrected chi connectivity index (χ3v) is 5.22. The summed E-state index contributed by atoms with van der Waals surface area (Å²) in [5.41, 5.74) is 0. The highest BCUT2D eigenvalue weighted by molar-refractivity contribution is 4.87. The van der Waals surface area contributed by atoms with Crippen molar-refractivity contribution in [3.63, 3.8) is 0 Å². The molecule has 160 valence electrons. The smallest absolute Gasteiger partial charge is 0.114 e. The average Bonchev–Trinajstić information content (AvgIpc) is 2.67. The zero-order valence-corrected chi connectivity index (χ0v) is 17.2. The maximum Gasteiger partial charge on any atom is 0.114 e. The van der Waals surface area contributed by atoms with Crippen molar-refractivity contribution in [2.75, 3.05) is 19.8 Å². The van der Waals surface area contributed by atoms with Gasteiger partial charge in [0.05, 0.1) is 13.2 Å². The molecule has 1 aliphatic heterocycles. The van der Waals surface area contributed by atoms with Crippen molar-refractivity contribution in [1.29, 1.82) is 0 Å². The summed E-state index contributed by atoms with van der Waals surface area (Å²) in [6.07, 6.45) is 16.4. The molecule has 0 amide bonds. The van der Waals surface area contributed by atoms with Crippen molar-refractivity contribution in [3.05, 3.63) is 12.2 Å². The van der Waals surface area contributed by atoms with Gasteiger partial charge in [-0.3, -0.25) is 0 Å². The van der Waals surface area contributed by atoms with Gasteiger partial charge < -0.3 is 24.8 Å². The second-order valence-electron chi connectivity index (χ2n) is 7.68. The molecule has 1 rings (SSSR count). The van der Waals surface area contributed by atoms with Crippen LogP contribution in [0.3, 0.4) is 0 Å². The van der Waals surface area contributed by atoms with Crippen LogP contribution in [0, 0.1) is 0 Å². The Morgan fingerprint density at radius 1 is 0.889 bits per heavy atom. The van der Waals surface area contributed by atoms with E-state index in [1.54, 1.807) is 0 Å². The molecule has 4 atom stereocenters. The van der Waals surface area contributed by atoms with Gasteiger partial charge in [-0.25, -0.2) is 0 Å². The summed E-state index contributed by atoms with van der Waals surface area (Å²) in [7, 11) is 0. The Hall–Kier alpha value is -0.460. The Kier molecular flexibility index (Phi) is 15.0. The van der Waals surface area contributed by atoms with Gasteiger partial charge in [-0.1, -0.05) is 64.0 Å². The van der Waals surface area contributed by atoms with E-state index >= 15 is 0 Å². The van der Waals surface area contributed by atoms with Crippen LogP contribution in [0.5, 0.6) is 0 Å². The van der Waals surface area contributed by atoms with Crippen LogP contribution in [-0.4, -0.2) is 59.6 Å². The molecule has 5 heteroatoms. The maximum absolute atomic E-state index is 10.0. The number of allylic oxidation sites excluding steroid dienone is 2. The summed E-state index contributed by atoms with van der Waals surface area (Å²) >= 11 is 0. The molecule has 5 nitrogen and oxygen atoms in total. The molecule has 0 unspecified atom stereocenters. The number of aliphatic hydroxyl groups excluding tert-OH is 3. The molecule has 0 saturated carbocycles. The lowest BCUT2D eigenvalue weighted by Gasteiger charge is -2.37. The zero-order valence-electron chi connectivity index (χ0n) is 17.2. The van der Waals surface area contributed by atoms with Crippen LogP contribution in [0.4, 0.5) is 0 Å². The number of hydrogen-bond donors (Lipinski definition) is 3. The van der Waals surface area contributed by atoms with Crippen LogP contribution >= 0.6 is 0 Å². The molecule has 0 spiro atoms. The van der Waals surface area contributed by atoms with Crippen molar-refractivity contribution < 1.29 is 24.8 Å². The third kappa shape index (κ3) is 11.2. The van der Waals surface area contributed by atoms with Gasteiger partial charge in [-0.2, -0.15) is 0 Å². The lowest BCUT2D eigenvalue weighted by molar-refractivity contribution is -0.210. The number of aliphatic hydroxyl groups is 3. The van der Waals surface area contributed by atoms with Crippen molar-refractivity contribution >= 4 is 0 Å². The van der Waals surface area contributed by atoms with E-state index in [1.165, 1.54) is 64.2 Å². The topological polar surface area (TPSA) is 79.2 Å². The molecule has 1 aliphatic rings. The highest BCUT2D eigenvalue weighted by atomic mass is 16.6. The molecule has 0 aromatic heterocycles. The summed E-state index contributed by atoms with van der Waals surface area (Å²) in [6.45, 7) is 2.61. The Morgan fingerprint density at radius 2 is 1.48 bits per heavy atom. The lowest BCUT2D eigenvalue weighted by atomic mass is 10.0. The lowest BCUT2D eigenvalue weighted by Crippen LogP contribution is -2.55. The van der Waals surface area contributed by atoms with Crippen molar-refractivity contribution in [3.8, 4) is 0 Å². The van der Waals surface area contributed by atoms with Gasteiger partial charge in [-0.05, 0) is 32.1 Å². The minimum absolute atomic E-state index is 0.0974. The Bertz CT molecular complexity index is 361. The predicted molar refractivity (Wildman–Crippen MR) is 109 cm³/mol.